The van der Waals surface area contributed by atoms with Gasteiger partial charge in [-0.05, 0) is 51.0 Å². The van der Waals surface area contributed by atoms with Gasteiger partial charge in [-0.15, -0.1) is 0 Å². The second-order valence-corrected chi connectivity index (χ2v) is 5.61. The maximum atomic E-state index is 12.1. The molecule has 0 radical (unpaired) electrons. The summed E-state index contributed by atoms with van der Waals surface area (Å²) in [5.74, 6) is 0.974. The van der Waals surface area contributed by atoms with Crippen LogP contribution in [0.3, 0.4) is 0 Å². The van der Waals surface area contributed by atoms with Crippen molar-refractivity contribution in [2.24, 2.45) is 0 Å². The normalized spacial score (nSPS) is 11.4. The Hall–Kier alpha value is -1.35. The van der Waals surface area contributed by atoms with Gasteiger partial charge in [-0.2, -0.15) is 0 Å². The Bertz CT molecular complexity index is 407. The molecule has 1 aromatic carbocycles. The number of hydrogen-bond acceptors (Lipinski definition) is 3. The summed E-state index contributed by atoms with van der Waals surface area (Å²) in [6, 6.07) is 7.40. The molecule has 1 rings (SSSR count). The van der Waals surface area contributed by atoms with Crippen molar-refractivity contribution in [1.82, 2.24) is 0 Å². The van der Waals surface area contributed by atoms with Crippen LogP contribution in [0.5, 0.6) is 5.75 Å². The van der Waals surface area contributed by atoms with E-state index in [-0.39, 0.29) is 11.4 Å². The number of ketones is 1. The maximum Gasteiger partial charge on any atom is 0.162 e. The Morgan fingerprint density at radius 3 is 2.40 bits per heavy atom. The fourth-order valence-corrected chi connectivity index (χ4v) is 1.73. The van der Waals surface area contributed by atoms with Crippen LogP contribution in [0.2, 0.25) is 0 Å². The minimum atomic E-state index is -0.251. The lowest BCUT2D eigenvalue weighted by Crippen LogP contribution is -2.23. The van der Waals surface area contributed by atoms with E-state index >= 15 is 0 Å². The highest BCUT2D eigenvalue weighted by Gasteiger charge is 2.18. The molecular weight excluding hydrogens is 252 g/mol. The number of methoxy groups -OCH3 is 1. The predicted molar refractivity (Wildman–Crippen MR) is 81.5 cm³/mol. The van der Waals surface area contributed by atoms with Gasteiger partial charge < -0.3 is 9.47 Å². The van der Waals surface area contributed by atoms with E-state index in [1.165, 1.54) is 0 Å². The molecule has 0 saturated heterocycles. The molecule has 0 fully saturated rings. The molecule has 3 nitrogen and oxygen atoms in total. The zero-order valence-electron chi connectivity index (χ0n) is 13.1. The van der Waals surface area contributed by atoms with Crippen LogP contribution in [-0.2, 0) is 4.74 Å². The van der Waals surface area contributed by atoms with E-state index in [1.54, 1.807) is 7.11 Å². The fourth-order valence-electron chi connectivity index (χ4n) is 1.73. The van der Waals surface area contributed by atoms with Crippen LogP contribution in [0.1, 0.15) is 56.8 Å². The minimum Gasteiger partial charge on any atom is -0.494 e. The van der Waals surface area contributed by atoms with Crippen LogP contribution < -0.4 is 4.74 Å². The van der Waals surface area contributed by atoms with E-state index in [4.69, 9.17) is 9.47 Å². The number of ether oxygens (including phenoxy) is 2. The smallest absolute Gasteiger partial charge is 0.162 e. The van der Waals surface area contributed by atoms with Gasteiger partial charge in [0.05, 0.1) is 12.2 Å². The second-order valence-electron chi connectivity index (χ2n) is 5.61. The van der Waals surface area contributed by atoms with Crippen LogP contribution in [0.4, 0.5) is 0 Å². The third kappa shape index (κ3) is 5.74. The Kier molecular flexibility index (Phi) is 6.73. The molecular formula is C17H26O3. The summed E-state index contributed by atoms with van der Waals surface area (Å²) in [5, 5.41) is 0. The van der Waals surface area contributed by atoms with Crippen molar-refractivity contribution >= 4 is 5.78 Å². The highest BCUT2D eigenvalue weighted by Crippen LogP contribution is 2.19. The topological polar surface area (TPSA) is 35.5 Å². The first-order chi connectivity index (χ1) is 9.48. The number of carbonyl (C=O) groups is 1. The van der Waals surface area contributed by atoms with Crippen molar-refractivity contribution in [3.8, 4) is 5.75 Å². The number of unbranched alkanes of at least 4 members (excludes halogenated alkanes) is 1. The van der Waals surface area contributed by atoms with Crippen molar-refractivity contribution in [1.29, 1.82) is 0 Å². The number of rotatable bonds is 9. The molecule has 3 heteroatoms. The first kappa shape index (κ1) is 16.7. The molecule has 0 heterocycles. The summed E-state index contributed by atoms with van der Waals surface area (Å²) in [5.41, 5.74) is 0.485. The van der Waals surface area contributed by atoms with E-state index < -0.39 is 0 Å². The number of benzene rings is 1. The van der Waals surface area contributed by atoms with Gasteiger partial charge in [0, 0.05) is 19.1 Å². The molecule has 112 valence electrons. The second kappa shape index (κ2) is 8.05. The van der Waals surface area contributed by atoms with Crippen molar-refractivity contribution < 1.29 is 14.3 Å². The van der Waals surface area contributed by atoms with Gasteiger partial charge in [0.1, 0.15) is 5.75 Å². The quantitative estimate of drug-likeness (QED) is 0.500. The van der Waals surface area contributed by atoms with Crippen molar-refractivity contribution in [3.63, 3.8) is 0 Å². The third-order valence-corrected chi connectivity index (χ3v) is 3.45. The standard InChI is InChI=1S/C17H26O3/c1-5-6-13-20-15-9-7-14(8-10-15)16(18)11-12-17(2,3)19-4/h7-10H,5-6,11-13H2,1-4H3. The lowest BCUT2D eigenvalue weighted by molar-refractivity contribution is 0.0141. The van der Waals surface area contributed by atoms with E-state index in [0.29, 0.717) is 6.42 Å². The Morgan fingerprint density at radius 2 is 1.85 bits per heavy atom. The van der Waals surface area contributed by atoms with E-state index in [2.05, 4.69) is 6.92 Å². The summed E-state index contributed by atoms with van der Waals surface area (Å²) in [6.45, 7) is 6.84. The first-order valence-electron chi connectivity index (χ1n) is 7.29. The predicted octanol–water partition coefficient (Wildman–Crippen LogP) is 4.25. The molecule has 0 saturated carbocycles. The maximum absolute atomic E-state index is 12.1. The number of hydrogen-bond donors (Lipinski definition) is 0. The molecule has 0 bridgehead atoms. The fraction of sp³-hybridized carbons (Fsp3) is 0.588. The van der Waals surface area contributed by atoms with Crippen LogP contribution in [0.15, 0.2) is 24.3 Å². The summed E-state index contributed by atoms with van der Waals surface area (Å²) < 4.78 is 10.9. The molecule has 20 heavy (non-hydrogen) atoms. The number of Topliss-reactive ketones (excluding diaryl/α,β-unsaturated/α-hetero) is 1. The lowest BCUT2D eigenvalue weighted by atomic mass is 9.98. The summed E-state index contributed by atoms with van der Waals surface area (Å²) in [6.07, 6.45) is 3.38. The van der Waals surface area contributed by atoms with Crippen LogP contribution in [0, 0.1) is 0 Å². The molecule has 0 aliphatic rings. The largest absolute Gasteiger partial charge is 0.494 e. The average molecular weight is 278 g/mol. The molecule has 1 aromatic rings. The molecule has 0 unspecified atom stereocenters. The molecule has 0 aliphatic heterocycles. The van der Waals surface area contributed by atoms with Crippen LogP contribution >= 0.6 is 0 Å². The average Bonchev–Trinajstić information content (AvgIpc) is 2.46. The van der Waals surface area contributed by atoms with Crippen LogP contribution in [-0.4, -0.2) is 25.1 Å². The van der Waals surface area contributed by atoms with E-state index in [1.807, 2.05) is 38.1 Å². The highest BCUT2D eigenvalue weighted by atomic mass is 16.5. The molecule has 0 atom stereocenters. The SMILES string of the molecule is CCCCOc1ccc(C(=O)CCC(C)(C)OC)cc1. The zero-order valence-corrected chi connectivity index (χ0v) is 13.1. The molecule has 0 spiro atoms. The summed E-state index contributed by atoms with van der Waals surface area (Å²) in [7, 11) is 1.67. The van der Waals surface area contributed by atoms with E-state index in [9.17, 15) is 4.79 Å². The Balaban J connectivity index is 2.49. The Labute approximate surface area is 122 Å². The zero-order chi connectivity index (χ0) is 15.0. The molecule has 0 aliphatic carbocycles. The molecule has 0 aromatic heterocycles. The van der Waals surface area contributed by atoms with Crippen LogP contribution in [0.25, 0.3) is 0 Å². The van der Waals surface area contributed by atoms with Gasteiger partial charge >= 0.3 is 0 Å². The van der Waals surface area contributed by atoms with Gasteiger partial charge in [0.25, 0.3) is 0 Å². The molecule has 0 N–H and O–H groups in total. The monoisotopic (exact) mass is 278 g/mol. The summed E-state index contributed by atoms with van der Waals surface area (Å²) >= 11 is 0. The van der Waals surface area contributed by atoms with Gasteiger partial charge in [-0.1, -0.05) is 13.3 Å². The minimum absolute atomic E-state index is 0.148. The Morgan fingerprint density at radius 1 is 1.20 bits per heavy atom. The van der Waals surface area contributed by atoms with Gasteiger partial charge in [0.2, 0.25) is 0 Å². The van der Waals surface area contributed by atoms with E-state index in [0.717, 1.165) is 37.2 Å². The van der Waals surface area contributed by atoms with Gasteiger partial charge in [-0.3, -0.25) is 4.79 Å². The van der Waals surface area contributed by atoms with Gasteiger partial charge in [-0.25, -0.2) is 0 Å². The van der Waals surface area contributed by atoms with Crippen molar-refractivity contribution in [2.75, 3.05) is 13.7 Å². The lowest BCUT2D eigenvalue weighted by Gasteiger charge is -2.22. The first-order valence-corrected chi connectivity index (χ1v) is 7.29. The molecule has 0 amide bonds. The highest BCUT2D eigenvalue weighted by molar-refractivity contribution is 5.96. The third-order valence-electron chi connectivity index (χ3n) is 3.45. The van der Waals surface area contributed by atoms with Crippen molar-refractivity contribution in [3.05, 3.63) is 29.8 Å². The number of carbonyl (C=O) groups excluding carboxylic acids is 1. The van der Waals surface area contributed by atoms with Crippen molar-refractivity contribution in [2.45, 2.75) is 52.1 Å². The van der Waals surface area contributed by atoms with Gasteiger partial charge in [0.15, 0.2) is 5.78 Å². The summed E-state index contributed by atoms with van der Waals surface area (Å²) in [4.78, 5) is 12.1.